The lowest BCUT2D eigenvalue weighted by molar-refractivity contribution is -0.381. The number of hydrogen-bond acceptors (Lipinski definition) is 5. The number of rotatable bonds is 2. The Balaban J connectivity index is 3.17. The number of anilines is 1. The molecule has 12 heavy (non-hydrogen) atoms. The molecule has 2 N–H and O–H groups in total. The second kappa shape index (κ2) is 3.06. The minimum atomic E-state index is -0.441. The Hall–Kier alpha value is -1.17. The maximum atomic E-state index is 10.5. The fraction of sp³-hybridized carbons (Fsp3) is 0.500. The molecule has 0 aliphatic heterocycles. The van der Waals surface area contributed by atoms with Gasteiger partial charge in [-0.15, -0.1) is 0 Å². The van der Waals surface area contributed by atoms with Crippen LogP contribution in [-0.2, 0) is 0 Å². The smallest absolute Gasteiger partial charge is 0.349 e. The number of nitrogens with zero attached hydrogens (tertiary/aromatic N) is 2. The summed E-state index contributed by atoms with van der Waals surface area (Å²) >= 11 is 0.918. The molecule has 0 atom stereocenters. The van der Waals surface area contributed by atoms with Crippen LogP contribution in [0.3, 0.4) is 0 Å². The number of thiazole rings is 1. The Kier molecular flexibility index (Phi) is 2.27. The summed E-state index contributed by atoms with van der Waals surface area (Å²) in [6, 6.07) is 0. The van der Waals surface area contributed by atoms with Crippen LogP contribution in [-0.4, -0.2) is 9.91 Å². The van der Waals surface area contributed by atoms with Gasteiger partial charge in [-0.2, -0.15) is 0 Å². The molecule has 0 aliphatic rings. The summed E-state index contributed by atoms with van der Waals surface area (Å²) in [7, 11) is 0. The Morgan fingerprint density at radius 1 is 1.67 bits per heavy atom. The molecule has 0 saturated heterocycles. The molecule has 1 aromatic heterocycles. The van der Waals surface area contributed by atoms with Crippen molar-refractivity contribution in [3.05, 3.63) is 15.8 Å². The first-order chi connectivity index (χ1) is 5.52. The van der Waals surface area contributed by atoms with E-state index in [2.05, 4.69) is 4.98 Å². The van der Waals surface area contributed by atoms with Crippen molar-refractivity contribution < 1.29 is 4.92 Å². The Bertz CT molecular complexity index is 308. The zero-order valence-electron chi connectivity index (χ0n) is 6.77. The summed E-state index contributed by atoms with van der Waals surface area (Å²) in [6.45, 7) is 3.70. The number of nitro groups is 1. The third-order valence-corrected chi connectivity index (χ3v) is 2.22. The molecular formula is C6H9N3O2S. The lowest BCUT2D eigenvalue weighted by Gasteiger charge is -1.96. The standard InChI is InChI=1S/C6H9N3O2S/c1-3(2)4-5(9(10)11)12-6(7)8-4/h3H,1-2H3,(H2,7,8). The van der Waals surface area contributed by atoms with Gasteiger partial charge in [0.1, 0.15) is 5.69 Å². The maximum Gasteiger partial charge on any atom is 0.349 e. The third kappa shape index (κ3) is 1.53. The van der Waals surface area contributed by atoms with Crippen LogP contribution in [0.1, 0.15) is 25.5 Å². The van der Waals surface area contributed by atoms with Crippen molar-refractivity contribution >= 4 is 21.5 Å². The first-order valence-corrected chi connectivity index (χ1v) is 4.24. The van der Waals surface area contributed by atoms with Gasteiger partial charge < -0.3 is 5.73 Å². The van der Waals surface area contributed by atoms with E-state index in [9.17, 15) is 10.1 Å². The van der Waals surface area contributed by atoms with E-state index in [0.717, 1.165) is 11.3 Å². The van der Waals surface area contributed by atoms with E-state index in [0.29, 0.717) is 5.69 Å². The fourth-order valence-corrected chi connectivity index (χ4v) is 1.65. The average molecular weight is 187 g/mol. The highest BCUT2D eigenvalue weighted by Gasteiger charge is 2.22. The molecule has 0 saturated carbocycles. The highest BCUT2D eigenvalue weighted by atomic mass is 32.1. The van der Waals surface area contributed by atoms with Gasteiger partial charge in [-0.05, 0) is 11.3 Å². The number of hydrogen-bond donors (Lipinski definition) is 1. The topological polar surface area (TPSA) is 82.0 Å². The predicted molar refractivity (Wildman–Crippen MR) is 47.3 cm³/mol. The molecule has 6 heteroatoms. The molecule has 0 aromatic carbocycles. The van der Waals surface area contributed by atoms with Gasteiger partial charge in [-0.25, -0.2) is 4.98 Å². The lowest BCUT2D eigenvalue weighted by Crippen LogP contribution is -1.94. The second-order valence-electron chi connectivity index (χ2n) is 2.65. The highest BCUT2D eigenvalue weighted by Crippen LogP contribution is 2.32. The van der Waals surface area contributed by atoms with Crippen molar-refractivity contribution in [2.45, 2.75) is 19.8 Å². The zero-order chi connectivity index (χ0) is 9.30. The second-order valence-corrected chi connectivity index (χ2v) is 3.66. The SMILES string of the molecule is CC(C)c1nc(N)sc1[N+](=O)[O-]. The van der Waals surface area contributed by atoms with E-state index >= 15 is 0 Å². The van der Waals surface area contributed by atoms with Crippen LogP contribution in [0.15, 0.2) is 0 Å². The van der Waals surface area contributed by atoms with Crippen LogP contribution in [0.4, 0.5) is 10.1 Å². The normalized spacial score (nSPS) is 10.6. The van der Waals surface area contributed by atoms with Gasteiger partial charge in [0, 0.05) is 5.92 Å². The van der Waals surface area contributed by atoms with E-state index < -0.39 is 4.92 Å². The van der Waals surface area contributed by atoms with E-state index in [1.807, 2.05) is 13.8 Å². The molecule has 1 heterocycles. The maximum absolute atomic E-state index is 10.5. The van der Waals surface area contributed by atoms with E-state index in [4.69, 9.17) is 5.73 Å². The van der Waals surface area contributed by atoms with Crippen molar-refractivity contribution in [3.63, 3.8) is 0 Å². The van der Waals surface area contributed by atoms with Crippen molar-refractivity contribution in [1.82, 2.24) is 4.98 Å². The predicted octanol–water partition coefficient (Wildman–Crippen LogP) is 1.76. The summed E-state index contributed by atoms with van der Waals surface area (Å²) in [5.74, 6) is 0.0407. The van der Waals surface area contributed by atoms with Crippen LogP contribution in [0.5, 0.6) is 0 Å². The van der Waals surface area contributed by atoms with Crippen molar-refractivity contribution in [2.24, 2.45) is 0 Å². The van der Waals surface area contributed by atoms with Crippen LogP contribution in [0.2, 0.25) is 0 Å². The van der Waals surface area contributed by atoms with Gasteiger partial charge in [0.25, 0.3) is 0 Å². The molecule has 0 fully saturated rings. The third-order valence-electron chi connectivity index (χ3n) is 1.36. The molecule has 0 spiro atoms. The molecule has 1 rings (SSSR count). The molecule has 0 bridgehead atoms. The Morgan fingerprint density at radius 3 is 2.58 bits per heavy atom. The summed E-state index contributed by atoms with van der Waals surface area (Å²) in [6.07, 6.45) is 0. The van der Waals surface area contributed by atoms with E-state index in [1.165, 1.54) is 0 Å². The van der Waals surface area contributed by atoms with Crippen molar-refractivity contribution in [1.29, 1.82) is 0 Å². The molecule has 66 valence electrons. The minimum absolute atomic E-state index is 0.0407. The lowest BCUT2D eigenvalue weighted by atomic mass is 10.1. The summed E-state index contributed by atoms with van der Waals surface area (Å²) < 4.78 is 0. The molecule has 0 aliphatic carbocycles. The number of aromatic nitrogens is 1. The average Bonchev–Trinajstić information content (AvgIpc) is 2.31. The molecule has 0 radical (unpaired) electrons. The Morgan fingerprint density at radius 2 is 2.25 bits per heavy atom. The van der Waals surface area contributed by atoms with Crippen LogP contribution in [0.25, 0.3) is 0 Å². The van der Waals surface area contributed by atoms with Gasteiger partial charge in [0.15, 0.2) is 5.13 Å². The largest absolute Gasteiger partial charge is 0.375 e. The van der Waals surface area contributed by atoms with E-state index in [-0.39, 0.29) is 16.1 Å². The summed E-state index contributed by atoms with van der Waals surface area (Å²) in [5.41, 5.74) is 5.83. The first kappa shape index (κ1) is 8.92. The van der Waals surface area contributed by atoms with Crippen molar-refractivity contribution in [3.8, 4) is 0 Å². The van der Waals surface area contributed by atoms with Crippen LogP contribution >= 0.6 is 11.3 Å². The van der Waals surface area contributed by atoms with E-state index in [1.54, 1.807) is 0 Å². The Labute approximate surface area is 73.4 Å². The number of nitrogen functional groups attached to an aromatic ring is 1. The monoisotopic (exact) mass is 187 g/mol. The van der Waals surface area contributed by atoms with Crippen molar-refractivity contribution in [2.75, 3.05) is 5.73 Å². The van der Waals surface area contributed by atoms with Gasteiger partial charge in [-0.3, -0.25) is 10.1 Å². The molecule has 0 unspecified atom stereocenters. The molecule has 0 amide bonds. The highest BCUT2D eigenvalue weighted by molar-refractivity contribution is 7.18. The summed E-state index contributed by atoms with van der Waals surface area (Å²) in [5, 5.41) is 10.8. The van der Waals surface area contributed by atoms with Crippen LogP contribution in [0, 0.1) is 10.1 Å². The molecule has 1 aromatic rings. The van der Waals surface area contributed by atoms with Gasteiger partial charge >= 0.3 is 5.00 Å². The van der Waals surface area contributed by atoms with Gasteiger partial charge in [0.05, 0.1) is 4.92 Å². The molecule has 5 nitrogen and oxygen atoms in total. The van der Waals surface area contributed by atoms with Gasteiger partial charge in [0.2, 0.25) is 0 Å². The zero-order valence-corrected chi connectivity index (χ0v) is 7.59. The number of nitrogens with two attached hydrogens (primary N) is 1. The first-order valence-electron chi connectivity index (χ1n) is 3.43. The van der Waals surface area contributed by atoms with Crippen LogP contribution < -0.4 is 5.73 Å². The molecular weight excluding hydrogens is 178 g/mol. The minimum Gasteiger partial charge on any atom is -0.375 e. The summed E-state index contributed by atoms with van der Waals surface area (Å²) in [4.78, 5) is 13.9. The quantitative estimate of drug-likeness (QED) is 0.564. The fourth-order valence-electron chi connectivity index (χ4n) is 0.848. The van der Waals surface area contributed by atoms with Gasteiger partial charge in [-0.1, -0.05) is 13.8 Å².